The summed E-state index contributed by atoms with van der Waals surface area (Å²) in [5.41, 5.74) is -0.351. The predicted octanol–water partition coefficient (Wildman–Crippen LogP) is 2.60. The first-order valence-electron chi connectivity index (χ1n) is 6.67. The Morgan fingerprint density at radius 3 is 2.75 bits per heavy atom. The van der Waals surface area contributed by atoms with Crippen molar-refractivity contribution in [1.82, 2.24) is 9.29 Å². The van der Waals surface area contributed by atoms with Crippen LogP contribution in [0.1, 0.15) is 10.4 Å². The van der Waals surface area contributed by atoms with Gasteiger partial charge in [0.2, 0.25) is 0 Å². The molecule has 7 nitrogen and oxygen atoms in total. The second kappa shape index (κ2) is 5.76. The molecule has 0 fully saturated rings. The van der Waals surface area contributed by atoms with E-state index < -0.39 is 21.7 Å². The molecule has 0 unspecified atom stereocenters. The third-order valence-corrected chi connectivity index (χ3v) is 6.29. The lowest BCUT2D eigenvalue weighted by Crippen LogP contribution is -2.37. The first kappa shape index (κ1) is 16.7. The number of sulfonamides is 1. The number of aliphatic hydroxyl groups excluding tert-OH is 1. The number of carbonyl (C=O) groups excluding carboxylic acids is 1. The lowest BCUT2D eigenvalue weighted by molar-refractivity contribution is -0.113. The number of nitrogens with one attached hydrogen (secondary N) is 1. The highest BCUT2D eigenvalue weighted by molar-refractivity contribution is 7.89. The SMILES string of the molecule is Cc1cnc(NC(=O)C2=C(O)c3ccc(Cl)cc3S(=O)(=O)N2C)s1. The van der Waals surface area contributed by atoms with Crippen molar-refractivity contribution < 1.29 is 18.3 Å². The number of aromatic nitrogens is 1. The Bertz CT molecular complexity index is 982. The molecule has 1 aliphatic rings. The van der Waals surface area contributed by atoms with E-state index in [1.54, 1.807) is 6.20 Å². The molecule has 0 atom stereocenters. The molecule has 10 heteroatoms. The third-order valence-electron chi connectivity index (χ3n) is 3.43. The normalized spacial score (nSPS) is 16.0. The number of amides is 1. The molecule has 2 aromatic rings. The van der Waals surface area contributed by atoms with Crippen molar-refractivity contribution in [1.29, 1.82) is 0 Å². The van der Waals surface area contributed by atoms with Crippen LogP contribution in [0.15, 0.2) is 35.0 Å². The maximum atomic E-state index is 12.6. The van der Waals surface area contributed by atoms with E-state index in [1.807, 2.05) is 6.92 Å². The van der Waals surface area contributed by atoms with E-state index in [0.717, 1.165) is 9.18 Å². The highest BCUT2D eigenvalue weighted by Crippen LogP contribution is 2.36. The second-order valence-electron chi connectivity index (χ2n) is 5.04. The van der Waals surface area contributed by atoms with E-state index in [9.17, 15) is 18.3 Å². The fourth-order valence-electron chi connectivity index (χ4n) is 2.27. The third kappa shape index (κ3) is 2.64. The minimum Gasteiger partial charge on any atom is -0.505 e. The number of benzene rings is 1. The van der Waals surface area contributed by atoms with Crippen LogP contribution in [-0.4, -0.2) is 35.8 Å². The molecule has 0 radical (unpaired) electrons. The topological polar surface area (TPSA) is 99.6 Å². The number of likely N-dealkylation sites (N-methyl/N-ethyl adjacent to an activating group) is 1. The van der Waals surface area contributed by atoms with E-state index in [2.05, 4.69) is 10.3 Å². The van der Waals surface area contributed by atoms with Gasteiger partial charge in [0.25, 0.3) is 15.9 Å². The Balaban J connectivity index is 2.11. The van der Waals surface area contributed by atoms with Crippen LogP contribution in [0.2, 0.25) is 5.02 Å². The lowest BCUT2D eigenvalue weighted by atomic mass is 10.1. The molecular formula is C14H12ClN3O4S2. The molecular weight excluding hydrogens is 374 g/mol. The molecule has 0 aliphatic carbocycles. The van der Waals surface area contributed by atoms with E-state index in [-0.39, 0.29) is 21.2 Å². The van der Waals surface area contributed by atoms with Crippen molar-refractivity contribution in [2.45, 2.75) is 11.8 Å². The summed E-state index contributed by atoms with van der Waals surface area (Å²) in [5.74, 6) is -1.21. The van der Waals surface area contributed by atoms with Crippen LogP contribution in [0, 0.1) is 6.92 Å². The number of halogens is 1. The molecule has 0 saturated heterocycles. The summed E-state index contributed by atoms with van der Waals surface area (Å²) < 4.78 is 25.9. The van der Waals surface area contributed by atoms with Crippen molar-refractivity contribution in [2.24, 2.45) is 0 Å². The Hall–Kier alpha value is -2.10. The first-order valence-corrected chi connectivity index (χ1v) is 9.31. The smallest absolute Gasteiger partial charge is 0.278 e. The largest absolute Gasteiger partial charge is 0.505 e. The average molecular weight is 386 g/mol. The lowest BCUT2D eigenvalue weighted by Gasteiger charge is -2.28. The number of carbonyl (C=O) groups is 1. The zero-order valence-corrected chi connectivity index (χ0v) is 15.0. The molecule has 1 aromatic carbocycles. The first-order chi connectivity index (χ1) is 11.2. The Morgan fingerprint density at radius 1 is 1.42 bits per heavy atom. The Kier molecular flexibility index (Phi) is 4.02. The number of fused-ring (bicyclic) bond motifs is 1. The van der Waals surface area contributed by atoms with Crippen LogP contribution in [0.4, 0.5) is 5.13 Å². The monoisotopic (exact) mass is 385 g/mol. The van der Waals surface area contributed by atoms with Crippen LogP contribution >= 0.6 is 22.9 Å². The van der Waals surface area contributed by atoms with Gasteiger partial charge in [0.15, 0.2) is 16.6 Å². The van der Waals surface area contributed by atoms with Crippen molar-refractivity contribution in [3.8, 4) is 0 Å². The highest BCUT2D eigenvalue weighted by atomic mass is 35.5. The van der Waals surface area contributed by atoms with Gasteiger partial charge in [0.05, 0.1) is 0 Å². The predicted molar refractivity (Wildman–Crippen MR) is 91.4 cm³/mol. The molecule has 3 rings (SSSR count). The number of hydrogen-bond donors (Lipinski definition) is 2. The van der Waals surface area contributed by atoms with E-state index in [0.29, 0.717) is 5.13 Å². The number of thiazole rings is 1. The quantitative estimate of drug-likeness (QED) is 0.827. The zero-order chi connectivity index (χ0) is 17.6. The van der Waals surface area contributed by atoms with Crippen molar-refractivity contribution >= 4 is 49.8 Å². The van der Waals surface area contributed by atoms with Gasteiger partial charge in [-0.05, 0) is 25.1 Å². The van der Waals surface area contributed by atoms with Gasteiger partial charge >= 0.3 is 0 Å². The molecule has 1 amide bonds. The molecule has 24 heavy (non-hydrogen) atoms. The van der Waals surface area contributed by atoms with Crippen LogP contribution in [0.5, 0.6) is 0 Å². The van der Waals surface area contributed by atoms with Gasteiger partial charge in [-0.25, -0.2) is 13.4 Å². The number of hydrogen-bond acceptors (Lipinski definition) is 6. The maximum absolute atomic E-state index is 12.6. The minimum atomic E-state index is -4.00. The molecule has 2 heterocycles. The van der Waals surface area contributed by atoms with Crippen molar-refractivity contribution in [3.63, 3.8) is 0 Å². The summed E-state index contributed by atoms with van der Waals surface area (Å²) >= 11 is 7.08. The fraction of sp³-hybridized carbons (Fsp3) is 0.143. The van der Waals surface area contributed by atoms with Gasteiger partial charge in [0.1, 0.15) is 4.90 Å². The molecule has 0 bridgehead atoms. The van der Waals surface area contributed by atoms with E-state index in [4.69, 9.17) is 11.6 Å². The second-order valence-corrected chi connectivity index (χ2v) is 8.65. The molecule has 1 aliphatic heterocycles. The summed E-state index contributed by atoms with van der Waals surface area (Å²) in [6, 6.07) is 4.04. The van der Waals surface area contributed by atoms with Gasteiger partial charge in [-0.15, -0.1) is 11.3 Å². The minimum absolute atomic E-state index is 0.0259. The summed E-state index contributed by atoms with van der Waals surface area (Å²) in [7, 11) is -2.81. The van der Waals surface area contributed by atoms with E-state index in [1.165, 1.54) is 36.6 Å². The standard InChI is InChI=1S/C14H12ClN3O4S2/c1-7-6-16-14(23-7)17-13(20)11-12(19)9-4-3-8(15)5-10(9)24(21,22)18(11)2/h3-6,19H,1-2H3,(H,16,17,20). The molecule has 126 valence electrons. The highest BCUT2D eigenvalue weighted by Gasteiger charge is 2.38. The summed E-state index contributed by atoms with van der Waals surface area (Å²) in [6.45, 7) is 1.82. The number of anilines is 1. The van der Waals surface area contributed by atoms with Crippen LogP contribution in [0.25, 0.3) is 5.76 Å². The number of aliphatic hydroxyl groups is 1. The maximum Gasteiger partial charge on any atom is 0.278 e. The summed E-state index contributed by atoms with van der Waals surface area (Å²) in [6.07, 6.45) is 1.58. The van der Waals surface area contributed by atoms with Gasteiger partial charge in [-0.1, -0.05) is 11.6 Å². The molecule has 1 aromatic heterocycles. The summed E-state index contributed by atoms with van der Waals surface area (Å²) in [4.78, 5) is 17.2. The van der Waals surface area contributed by atoms with Gasteiger partial charge in [-0.3, -0.25) is 14.4 Å². The van der Waals surface area contributed by atoms with Gasteiger partial charge in [0, 0.05) is 28.7 Å². The molecule has 0 spiro atoms. The number of nitrogens with zero attached hydrogens (tertiary/aromatic N) is 2. The van der Waals surface area contributed by atoms with Crippen LogP contribution < -0.4 is 5.32 Å². The van der Waals surface area contributed by atoms with E-state index >= 15 is 0 Å². The van der Waals surface area contributed by atoms with Crippen molar-refractivity contribution in [2.75, 3.05) is 12.4 Å². The average Bonchev–Trinajstić information content (AvgIpc) is 2.91. The number of aryl methyl sites for hydroxylation is 1. The summed E-state index contributed by atoms with van der Waals surface area (Å²) in [5, 5.41) is 13.4. The Labute approximate surface area is 147 Å². The van der Waals surface area contributed by atoms with Crippen molar-refractivity contribution in [3.05, 3.63) is 45.6 Å². The zero-order valence-electron chi connectivity index (χ0n) is 12.6. The Morgan fingerprint density at radius 2 is 2.12 bits per heavy atom. The van der Waals surface area contributed by atoms with Crippen LogP contribution in [-0.2, 0) is 14.8 Å². The van der Waals surface area contributed by atoms with Gasteiger partial charge < -0.3 is 5.11 Å². The fourth-order valence-corrected chi connectivity index (χ4v) is 4.59. The number of rotatable bonds is 2. The van der Waals surface area contributed by atoms with Gasteiger partial charge in [-0.2, -0.15) is 0 Å². The molecule has 2 N–H and O–H groups in total. The molecule has 0 saturated carbocycles. The van der Waals surface area contributed by atoms with Crippen LogP contribution in [0.3, 0.4) is 0 Å².